The van der Waals surface area contributed by atoms with Gasteiger partial charge in [-0.25, -0.2) is 4.68 Å². The van der Waals surface area contributed by atoms with E-state index in [4.69, 9.17) is 16.1 Å². The fraction of sp³-hybridized carbons (Fsp3) is 0.217. The number of halogens is 2. The fourth-order valence-corrected chi connectivity index (χ4v) is 3.33. The second kappa shape index (κ2) is 11.8. The van der Waals surface area contributed by atoms with Gasteiger partial charge in [0.2, 0.25) is 11.7 Å². The Bertz CT molecular complexity index is 1180. The Hall–Kier alpha value is -2.92. The van der Waals surface area contributed by atoms with Crippen molar-refractivity contribution in [2.24, 2.45) is 4.99 Å². The van der Waals surface area contributed by atoms with Gasteiger partial charge in [0.25, 0.3) is 0 Å². The van der Waals surface area contributed by atoms with E-state index in [-0.39, 0.29) is 30.0 Å². The second-order valence-corrected chi connectivity index (χ2v) is 7.62. The van der Waals surface area contributed by atoms with E-state index in [9.17, 15) is 0 Å². The van der Waals surface area contributed by atoms with E-state index in [2.05, 4.69) is 49.9 Å². The molecule has 33 heavy (non-hydrogen) atoms. The van der Waals surface area contributed by atoms with Gasteiger partial charge in [-0.3, -0.25) is 4.99 Å². The summed E-state index contributed by atoms with van der Waals surface area (Å²) in [6.07, 6.45) is 4.26. The molecule has 0 aliphatic rings. The molecule has 0 fully saturated rings. The highest BCUT2D eigenvalue weighted by Crippen LogP contribution is 2.19. The van der Waals surface area contributed by atoms with Gasteiger partial charge in [-0.1, -0.05) is 28.9 Å². The van der Waals surface area contributed by atoms with Crippen LogP contribution in [0.5, 0.6) is 0 Å². The number of aromatic nitrogens is 4. The molecule has 2 N–H and O–H groups in total. The van der Waals surface area contributed by atoms with Crippen LogP contribution in [0.1, 0.15) is 24.4 Å². The Labute approximate surface area is 214 Å². The van der Waals surface area contributed by atoms with Crippen LogP contribution in [0.15, 0.2) is 76.5 Å². The molecule has 1 atom stereocenters. The Morgan fingerprint density at radius 2 is 2.00 bits per heavy atom. The van der Waals surface area contributed by atoms with E-state index < -0.39 is 0 Å². The molecule has 0 saturated carbocycles. The van der Waals surface area contributed by atoms with E-state index in [0.29, 0.717) is 35.7 Å². The van der Waals surface area contributed by atoms with E-state index in [1.165, 1.54) is 0 Å². The van der Waals surface area contributed by atoms with Crippen molar-refractivity contribution in [3.63, 3.8) is 0 Å². The Morgan fingerprint density at radius 3 is 2.73 bits per heavy atom. The van der Waals surface area contributed by atoms with Gasteiger partial charge in [-0.2, -0.15) is 10.1 Å². The molecule has 1 unspecified atom stereocenters. The summed E-state index contributed by atoms with van der Waals surface area (Å²) in [4.78, 5) is 8.76. The Morgan fingerprint density at radius 1 is 1.18 bits per heavy atom. The molecular weight excluding hydrogens is 553 g/mol. The highest BCUT2D eigenvalue weighted by Gasteiger charge is 2.11. The number of benzene rings is 2. The van der Waals surface area contributed by atoms with Crippen LogP contribution in [0.25, 0.3) is 17.1 Å². The zero-order chi connectivity index (χ0) is 22.3. The van der Waals surface area contributed by atoms with Gasteiger partial charge in [0.1, 0.15) is 0 Å². The minimum Gasteiger partial charge on any atom is -0.356 e. The number of hydrogen-bond donors (Lipinski definition) is 2. The van der Waals surface area contributed by atoms with Crippen LogP contribution in [0, 0.1) is 0 Å². The molecule has 0 saturated heterocycles. The highest BCUT2D eigenvalue weighted by atomic mass is 127. The molecule has 0 bridgehead atoms. The summed E-state index contributed by atoms with van der Waals surface area (Å²) in [6.45, 7) is 2.69. The fourth-order valence-electron chi connectivity index (χ4n) is 3.20. The van der Waals surface area contributed by atoms with Crippen molar-refractivity contribution < 1.29 is 4.52 Å². The first kappa shape index (κ1) is 24.7. The zero-order valence-corrected chi connectivity index (χ0v) is 21.4. The van der Waals surface area contributed by atoms with E-state index >= 15 is 0 Å². The molecule has 2 aromatic heterocycles. The van der Waals surface area contributed by atoms with Gasteiger partial charge in [0.15, 0.2) is 5.96 Å². The summed E-state index contributed by atoms with van der Waals surface area (Å²) in [5.41, 5.74) is 3.00. The lowest BCUT2D eigenvalue weighted by Crippen LogP contribution is -2.39. The molecule has 2 heterocycles. The maximum atomic E-state index is 5.93. The van der Waals surface area contributed by atoms with Gasteiger partial charge in [-0.05, 0) is 55.0 Å². The summed E-state index contributed by atoms with van der Waals surface area (Å²) in [5, 5.41) is 15.7. The molecule has 172 valence electrons. The molecule has 0 aliphatic heterocycles. The van der Waals surface area contributed by atoms with Crippen LogP contribution in [-0.4, -0.2) is 39.5 Å². The van der Waals surface area contributed by atoms with Crippen molar-refractivity contribution in [1.82, 2.24) is 30.6 Å². The van der Waals surface area contributed by atoms with Crippen molar-refractivity contribution in [2.75, 3.05) is 13.6 Å². The number of hydrogen-bond acceptors (Lipinski definition) is 5. The smallest absolute Gasteiger partial charge is 0.228 e. The van der Waals surface area contributed by atoms with Gasteiger partial charge in [0.05, 0.1) is 11.7 Å². The number of nitrogens with one attached hydrogen (secondary N) is 2. The van der Waals surface area contributed by atoms with Crippen LogP contribution in [0.4, 0.5) is 0 Å². The normalized spacial score (nSPS) is 12.2. The minimum absolute atomic E-state index is 0. The average Bonchev–Trinajstić information content (AvgIpc) is 3.52. The van der Waals surface area contributed by atoms with E-state index in [0.717, 1.165) is 16.8 Å². The third-order valence-electron chi connectivity index (χ3n) is 4.92. The molecule has 2 aromatic carbocycles. The van der Waals surface area contributed by atoms with Gasteiger partial charge in [-0.15, -0.1) is 24.0 Å². The third kappa shape index (κ3) is 6.55. The predicted octanol–water partition coefficient (Wildman–Crippen LogP) is 4.66. The van der Waals surface area contributed by atoms with Crippen LogP contribution in [0.3, 0.4) is 0 Å². The van der Waals surface area contributed by atoms with Crippen molar-refractivity contribution >= 4 is 41.5 Å². The molecule has 0 radical (unpaired) electrons. The van der Waals surface area contributed by atoms with Crippen LogP contribution in [-0.2, 0) is 6.42 Å². The summed E-state index contributed by atoms with van der Waals surface area (Å²) in [6, 6.07) is 17.5. The third-order valence-corrected chi connectivity index (χ3v) is 5.17. The van der Waals surface area contributed by atoms with Crippen LogP contribution in [0.2, 0.25) is 5.02 Å². The van der Waals surface area contributed by atoms with Crippen molar-refractivity contribution in [2.45, 2.75) is 19.4 Å². The number of aliphatic imine (C=N–C) groups is 1. The highest BCUT2D eigenvalue weighted by molar-refractivity contribution is 14.0. The van der Waals surface area contributed by atoms with Crippen molar-refractivity contribution in [1.29, 1.82) is 0 Å². The monoisotopic (exact) mass is 577 g/mol. The molecular formula is C23H25ClIN7O. The van der Waals surface area contributed by atoms with Crippen LogP contribution >= 0.6 is 35.6 Å². The van der Waals surface area contributed by atoms with Gasteiger partial charge in [0, 0.05) is 43.0 Å². The lowest BCUT2D eigenvalue weighted by Gasteiger charge is -2.18. The molecule has 4 rings (SSSR count). The number of nitrogens with zero attached hydrogens (tertiary/aromatic N) is 5. The maximum Gasteiger partial charge on any atom is 0.228 e. The summed E-state index contributed by atoms with van der Waals surface area (Å²) in [7, 11) is 1.74. The largest absolute Gasteiger partial charge is 0.356 e. The summed E-state index contributed by atoms with van der Waals surface area (Å²) < 4.78 is 7.20. The number of guanidine groups is 1. The first-order valence-electron chi connectivity index (χ1n) is 10.3. The van der Waals surface area contributed by atoms with E-state index in [1.54, 1.807) is 25.4 Å². The van der Waals surface area contributed by atoms with Crippen molar-refractivity contribution in [3.05, 3.63) is 83.5 Å². The van der Waals surface area contributed by atoms with Gasteiger partial charge >= 0.3 is 0 Å². The molecule has 0 spiro atoms. The first-order valence-corrected chi connectivity index (χ1v) is 10.7. The lowest BCUT2D eigenvalue weighted by molar-refractivity contribution is 0.378. The maximum absolute atomic E-state index is 5.93. The topological polar surface area (TPSA) is 93.2 Å². The summed E-state index contributed by atoms with van der Waals surface area (Å²) in [5.74, 6) is 1.79. The number of rotatable bonds is 7. The van der Waals surface area contributed by atoms with Gasteiger partial charge < -0.3 is 15.2 Å². The SMILES string of the molecule is CN=C(NCCc1nc(-c2ccc(Cl)cc2)no1)NC(C)c1cccc(-n2cccn2)c1.I. The lowest BCUT2D eigenvalue weighted by atomic mass is 10.1. The predicted molar refractivity (Wildman–Crippen MR) is 140 cm³/mol. The summed E-state index contributed by atoms with van der Waals surface area (Å²) >= 11 is 5.93. The zero-order valence-electron chi connectivity index (χ0n) is 18.3. The van der Waals surface area contributed by atoms with E-state index in [1.807, 2.05) is 41.2 Å². The molecule has 4 aromatic rings. The quantitative estimate of drug-likeness (QED) is 0.189. The molecule has 10 heteroatoms. The standard InChI is InChI=1S/C23H24ClN7O.HI/c1-16(18-5-3-6-20(15-18)31-14-4-12-27-31)28-23(25-2)26-13-11-21-29-22(30-32-21)17-7-9-19(24)10-8-17;/h3-10,12,14-16H,11,13H2,1-2H3,(H2,25,26,28);1H. The molecule has 0 amide bonds. The Balaban J connectivity index is 0.00000306. The Kier molecular flexibility index (Phi) is 8.84. The average molecular weight is 578 g/mol. The van der Waals surface area contributed by atoms with Crippen molar-refractivity contribution in [3.8, 4) is 17.1 Å². The first-order chi connectivity index (χ1) is 15.6. The molecule has 8 nitrogen and oxygen atoms in total. The second-order valence-electron chi connectivity index (χ2n) is 7.18. The minimum atomic E-state index is 0. The van der Waals surface area contributed by atoms with Crippen LogP contribution < -0.4 is 10.6 Å². The molecule has 0 aliphatic carbocycles.